The Morgan fingerprint density at radius 2 is 2.22 bits per heavy atom. The quantitative estimate of drug-likeness (QED) is 0.671. The fraction of sp³-hybridized carbons (Fsp3) is 0.400. The van der Waals surface area contributed by atoms with Gasteiger partial charge in [-0.05, 0) is 18.9 Å². The molecule has 94 valence electrons. The summed E-state index contributed by atoms with van der Waals surface area (Å²) in [5.74, 6) is 0.829. The predicted molar refractivity (Wildman–Crippen MR) is 64.0 cm³/mol. The Morgan fingerprint density at radius 3 is 2.83 bits per heavy atom. The highest BCUT2D eigenvalue weighted by atomic mass is 16.3. The number of aliphatic hydroxyl groups excluding tert-OH is 1. The van der Waals surface area contributed by atoms with Crippen LogP contribution in [0.25, 0.3) is 5.95 Å². The van der Waals surface area contributed by atoms with Gasteiger partial charge in [-0.3, -0.25) is 0 Å². The van der Waals surface area contributed by atoms with Crippen molar-refractivity contribution in [3.05, 3.63) is 18.5 Å². The summed E-state index contributed by atoms with van der Waals surface area (Å²) in [6.07, 6.45) is 5.14. The minimum absolute atomic E-state index is 0.0513. The van der Waals surface area contributed by atoms with Crippen LogP contribution in [0.1, 0.15) is 12.8 Å². The minimum Gasteiger partial charge on any atom is -0.394 e. The van der Waals surface area contributed by atoms with E-state index >= 15 is 0 Å². The van der Waals surface area contributed by atoms with Gasteiger partial charge in [-0.2, -0.15) is 20.1 Å². The van der Waals surface area contributed by atoms with E-state index in [2.05, 4.69) is 25.4 Å². The fourth-order valence-electron chi connectivity index (χ4n) is 1.64. The molecule has 2 aromatic rings. The molecule has 1 aliphatic carbocycles. The van der Waals surface area contributed by atoms with E-state index in [1.54, 1.807) is 18.5 Å². The summed E-state index contributed by atoms with van der Waals surface area (Å²) in [7, 11) is 0. The van der Waals surface area contributed by atoms with Crippen LogP contribution < -0.4 is 11.1 Å². The maximum atomic E-state index is 9.26. The summed E-state index contributed by atoms with van der Waals surface area (Å²) in [5, 5.41) is 16.4. The Balaban J connectivity index is 1.91. The van der Waals surface area contributed by atoms with E-state index in [1.807, 2.05) is 0 Å². The fourth-order valence-corrected chi connectivity index (χ4v) is 1.64. The Labute approximate surface area is 103 Å². The number of hydrogen-bond acceptors (Lipinski definition) is 7. The van der Waals surface area contributed by atoms with Crippen molar-refractivity contribution in [1.29, 1.82) is 0 Å². The maximum absolute atomic E-state index is 9.26. The number of anilines is 2. The molecule has 1 saturated carbocycles. The summed E-state index contributed by atoms with van der Waals surface area (Å²) < 4.78 is 1.50. The molecular weight excluding hydrogens is 234 g/mol. The predicted octanol–water partition coefficient (Wildman–Crippen LogP) is -0.424. The smallest absolute Gasteiger partial charge is 0.257 e. The van der Waals surface area contributed by atoms with Crippen LogP contribution in [0.15, 0.2) is 18.5 Å². The van der Waals surface area contributed by atoms with Gasteiger partial charge in [0.25, 0.3) is 5.95 Å². The molecule has 0 atom stereocenters. The first-order valence-corrected chi connectivity index (χ1v) is 5.61. The number of hydrogen-bond donors (Lipinski definition) is 3. The van der Waals surface area contributed by atoms with Crippen molar-refractivity contribution in [1.82, 2.24) is 24.7 Å². The molecule has 0 radical (unpaired) electrons. The molecule has 0 bridgehead atoms. The van der Waals surface area contributed by atoms with Gasteiger partial charge in [-0.1, -0.05) is 0 Å². The second-order valence-corrected chi connectivity index (χ2v) is 4.33. The maximum Gasteiger partial charge on any atom is 0.257 e. The first kappa shape index (κ1) is 10.9. The lowest BCUT2D eigenvalue weighted by Crippen LogP contribution is -2.27. The molecule has 1 aliphatic rings. The molecule has 0 unspecified atom stereocenters. The number of nitrogens with zero attached hydrogens (tertiary/aromatic N) is 5. The van der Waals surface area contributed by atoms with E-state index in [-0.39, 0.29) is 18.1 Å². The highest BCUT2D eigenvalue weighted by Gasteiger charge is 2.42. The molecule has 1 fully saturated rings. The molecule has 2 aromatic heterocycles. The van der Waals surface area contributed by atoms with Crippen LogP contribution in [-0.4, -0.2) is 42.0 Å². The lowest BCUT2D eigenvalue weighted by molar-refractivity contribution is 0.265. The van der Waals surface area contributed by atoms with Gasteiger partial charge in [0, 0.05) is 12.4 Å². The zero-order valence-corrected chi connectivity index (χ0v) is 9.61. The topological polar surface area (TPSA) is 115 Å². The van der Waals surface area contributed by atoms with Crippen LogP contribution in [0.2, 0.25) is 0 Å². The number of aromatic nitrogens is 5. The zero-order valence-electron chi connectivity index (χ0n) is 9.61. The molecule has 2 heterocycles. The molecule has 8 heteroatoms. The van der Waals surface area contributed by atoms with Crippen LogP contribution in [0.4, 0.5) is 11.9 Å². The zero-order chi connectivity index (χ0) is 12.6. The third-order valence-corrected chi connectivity index (χ3v) is 2.88. The Bertz CT molecular complexity index is 549. The van der Waals surface area contributed by atoms with Crippen molar-refractivity contribution in [2.45, 2.75) is 18.4 Å². The third-order valence-electron chi connectivity index (χ3n) is 2.88. The summed E-state index contributed by atoms with van der Waals surface area (Å²) in [6.45, 7) is 0.0513. The van der Waals surface area contributed by atoms with Gasteiger partial charge in [0.1, 0.15) is 0 Å². The van der Waals surface area contributed by atoms with E-state index < -0.39 is 0 Å². The van der Waals surface area contributed by atoms with Crippen molar-refractivity contribution < 1.29 is 5.11 Å². The van der Waals surface area contributed by atoms with Crippen LogP contribution >= 0.6 is 0 Å². The van der Waals surface area contributed by atoms with E-state index in [0.717, 1.165) is 12.8 Å². The van der Waals surface area contributed by atoms with Gasteiger partial charge in [-0.25, -0.2) is 4.68 Å². The van der Waals surface area contributed by atoms with Crippen molar-refractivity contribution in [3.8, 4) is 5.95 Å². The summed E-state index contributed by atoms with van der Waals surface area (Å²) in [4.78, 5) is 12.2. The number of nitrogen functional groups attached to an aromatic ring is 1. The van der Waals surface area contributed by atoms with E-state index in [4.69, 9.17) is 5.73 Å². The van der Waals surface area contributed by atoms with Crippen molar-refractivity contribution in [3.63, 3.8) is 0 Å². The molecule has 0 amide bonds. The third kappa shape index (κ3) is 1.97. The monoisotopic (exact) mass is 247 g/mol. The largest absolute Gasteiger partial charge is 0.394 e. The van der Waals surface area contributed by atoms with Gasteiger partial charge in [-0.15, -0.1) is 0 Å². The van der Waals surface area contributed by atoms with Crippen LogP contribution in [0.5, 0.6) is 0 Å². The van der Waals surface area contributed by atoms with Gasteiger partial charge in [0.15, 0.2) is 0 Å². The molecule has 0 aliphatic heterocycles. The summed E-state index contributed by atoms with van der Waals surface area (Å²) >= 11 is 0. The number of rotatable bonds is 4. The van der Waals surface area contributed by atoms with Crippen LogP contribution in [-0.2, 0) is 0 Å². The average molecular weight is 247 g/mol. The highest BCUT2D eigenvalue weighted by molar-refractivity contribution is 5.39. The number of nitrogens with one attached hydrogen (secondary N) is 1. The van der Waals surface area contributed by atoms with Gasteiger partial charge in [0.2, 0.25) is 11.9 Å². The molecule has 3 rings (SSSR count). The van der Waals surface area contributed by atoms with E-state index in [9.17, 15) is 5.11 Å². The van der Waals surface area contributed by atoms with Crippen LogP contribution in [0.3, 0.4) is 0 Å². The first-order valence-electron chi connectivity index (χ1n) is 5.61. The summed E-state index contributed by atoms with van der Waals surface area (Å²) in [5.41, 5.74) is 5.34. The van der Waals surface area contributed by atoms with Crippen LogP contribution in [0, 0.1) is 0 Å². The normalized spacial score (nSPS) is 16.5. The SMILES string of the molecule is Nc1nc(NC2(CO)CC2)nc(-n2cccn2)n1. The van der Waals surface area contributed by atoms with Gasteiger partial charge in [0.05, 0.1) is 12.1 Å². The van der Waals surface area contributed by atoms with E-state index in [0.29, 0.717) is 11.9 Å². The highest BCUT2D eigenvalue weighted by Crippen LogP contribution is 2.37. The molecule has 0 spiro atoms. The lowest BCUT2D eigenvalue weighted by Gasteiger charge is -2.14. The second kappa shape index (κ2) is 3.91. The second-order valence-electron chi connectivity index (χ2n) is 4.33. The first-order chi connectivity index (χ1) is 8.71. The Kier molecular flexibility index (Phi) is 2.37. The lowest BCUT2D eigenvalue weighted by atomic mass is 10.3. The Hall–Kier alpha value is -2.22. The number of nitrogens with two attached hydrogens (primary N) is 1. The van der Waals surface area contributed by atoms with Gasteiger partial charge < -0.3 is 16.2 Å². The van der Waals surface area contributed by atoms with Crippen molar-refractivity contribution in [2.75, 3.05) is 17.7 Å². The van der Waals surface area contributed by atoms with Gasteiger partial charge >= 0.3 is 0 Å². The standard InChI is InChI=1S/C10H13N7O/c11-7-13-8(16-10(6-18)2-3-10)15-9(14-7)17-5-1-4-12-17/h1,4-5,18H,2-3,6H2,(H3,11,13,14,15,16). The van der Waals surface area contributed by atoms with E-state index in [1.165, 1.54) is 4.68 Å². The Morgan fingerprint density at radius 1 is 1.39 bits per heavy atom. The molecule has 4 N–H and O–H groups in total. The number of aliphatic hydroxyl groups is 1. The molecule has 18 heavy (non-hydrogen) atoms. The molecule has 0 aromatic carbocycles. The summed E-state index contributed by atoms with van der Waals surface area (Å²) in [6, 6.07) is 1.77. The molecular formula is C10H13N7O. The van der Waals surface area contributed by atoms with Crippen molar-refractivity contribution in [2.24, 2.45) is 0 Å². The molecule has 8 nitrogen and oxygen atoms in total. The van der Waals surface area contributed by atoms with Crippen molar-refractivity contribution >= 4 is 11.9 Å². The average Bonchev–Trinajstić information content (AvgIpc) is 2.92. The molecule has 0 saturated heterocycles. The minimum atomic E-state index is -0.296.